The molecular weight excluding hydrogens is 402 g/mol. The fourth-order valence-electron chi connectivity index (χ4n) is 3.74. The van der Waals surface area contributed by atoms with Gasteiger partial charge in [0.25, 0.3) is 0 Å². The number of alkyl carbamates (subject to hydrolysis) is 1. The molecule has 5 heteroatoms. The van der Waals surface area contributed by atoms with Crippen molar-refractivity contribution in [3.63, 3.8) is 0 Å². The Morgan fingerprint density at radius 3 is 1.88 bits per heavy atom. The zero-order valence-corrected chi connectivity index (χ0v) is 17.8. The van der Waals surface area contributed by atoms with Crippen LogP contribution in [0.1, 0.15) is 16.7 Å². The lowest BCUT2D eigenvalue weighted by Crippen LogP contribution is -2.61. The lowest BCUT2D eigenvalue weighted by atomic mass is 9.75. The molecule has 0 aliphatic heterocycles. The van der Waals surface area contributed by atoms with E-state index in [9.17, 15) is 14.7 Å². The normalized spacial score (nSPS) is 13.4. The van der Waals surface area contributed by atoms with Crippen molar-refractivity contribution in [1.82, 2.24) is 5.32 Å². The van der Waals surface area contributed by atoms with E-state index >= 15 is 0 Å². The Labute approximate surface area is 188 Å². The molecule has 3 aromatic rings. The molecule has 0 heterocycles. The highest BCUT2D eigenvalue weighted by Gasteiger charge is 2.46. The first-order valence-corrected chi connectivity index (χ1v) is 10.5. The zero-order chi connectivity index (χ0) is 22.8. The van der Waals surface area contributed by atoms with Crippen molar-refractivity contribution >= 4 is 12.1 Å². The van der Waals surface area contributed by atoms with Crippen LogP contribution >= 0.6 is 0 Å². The number of benzene rings is 3. The third kappa shape index (κ3) is 5.85. The van der Waals surface area contributed by atoms with Crippen LogP contribution < -0.4 is 5.32 Å². The molecule has 0 aliphatic rings. The Morgan fingerprint density at radius 2 is 1.38 bits per heavy atom. The van der Waals surface area contributed by atoms with Crippen molar-refractivity contribution in [2.24, 2.45) is 5.92 Å². The number of aliphatic carboxylic acids is 1. The summed E-state index contributed by atoms with van der Waals surface area (Å²) in [6.07, 6.45) is 1.31. The van der Waals surface area contributed by atoms with E-state index in [1.807, 2.05) is 91.0 Å². The minimum absolute atomic E-state index is 0.0468. The lowest BCUT2D eigenvalue weighted by Gasteiger charge is -2.36. The summed E-state index contributed by atoms with van der Waals surface area (Å²) in [6, 6.07) is 28.0. The predicted octanol–water partition coefficient (Wildman–Crippen LogP) is 5.02. The topological polar surface area (TPSA) is 75.6 Å². The molecule has 0 aliphatic carbocycles. The summed E-state index contributed by atoms with van der Waals surface area (Å²) >= 11 is 0. The molecule has 0 bridgehead atoms. The largest absolute Gasteiger partial charge is 0.479 e. The van der Waals surface area contributed by atoms with Crippen LogP contribution in [0.3, 0.4) is 0 Å². The van der Waals surface area contributed by atoms with Gasteiger partial charge in [0, 0.05) is 12.3 Å². The summed E-state index contributed by atoms with van der Waals surface area (Å²) in [4.78, 5) is 25.5. The third-order valence-corrected chi connectivity index (χ3v) is 5.46. The van der Waals surface area contributed by atoms with Crippen LogP contribution in [-0.2, 0) is 29.0 Å². The van der Waals surface area contributed by atoms with Gasteiger partial charge >= 0.3 is 12.1 Å². The van der Waals surface area contributed by atoms with Gasteiger partial charge < -0.3 is 15.2 Å². The molecule has 0 saturated carbocycles. The third-order valence-electron chi connectivity index (χ3n) is 5.46. The fourth-order valence-corrected chi connectivity index (χ4v) is 3.74. The van der Waals surface area contributed by atoms with Crippen molar-refractivity contribution in [3.05, 3.63) is 120 Å². The zero-order valence-electron chi connectivity index (χ0n) is 17.8. The highest BCUT2D eigenvalue weighted by Crippen LogP contribution is 2.28. The minimum Gasteiger partial charge on any atom is -0.479 e. The van der Waals surface area contributed by atoms with E-state index < -0.39 is 23.5 Å². The van der Waals surface area contributed by atoms with Gasteiger partial charge in [-0.25, -0.2) is 9.59 Å². The van der Waals surface area contributed by atoms with Crippen molar-refractivity contribution in [1.29, 1.82) is 0 Å². The summed E-state index contributed by atoms with van der Waals surface area (Å²) in [5, 5.41) is 13.1. The Hall–Kier alpha value is -3.86. The molecule has 0 aromatic heterocycles. The molecule has 0 fully saturated rings. The number of hydrogen-bond acceptors (Lipinski definition) is 3. The van der Waals surface area contributed by atoms with Crippen LogP contribution in [0.25, 0.3) is 0 Å². The number of carboxylic acids is 1. The van der Waals surface area contributed by atoms with Gasteiger partial charge in [-0.2, -0.15) is 0 Å². The van der Waals surface area contributed by atoms with Crippen LogP contribution in [-0.4, -0.2) is 22.7 Å². The van der Waals surface area contributed by atoms with Gasteiger partial charge in [-0.05, 0) is 23.1 Å². The first-order valence-electron chi connectivity index (χ1n) is 10.5. The Bertz CT molecular complexity index is 1020. The van der Waals surface area contributed by atoms with Crippen LogP contribution in [0, 0.1) is 5.92 Å². The van der Waals surface area contributed by atoms with Crippen molar-refractivity contribution in [2.45, 2.75) is 25.0 Å². The Kier molecular flexibility index (Phi) is 7.81. The highest BCUT2D eigenvalue weighted by atomic mass is 16.5. The number of amides is 1. The van der Waals surface area contributed by atoms with Crippen LogP contribution in [0.2, 0.25) is 0 Å². The first kappa shape index (κ1) is 22.8. The number of carbonyl (C=O) groups excluding carboxylic acids is 1. The molecule has 0 saturated heterocycles. The predicted molar refractivity (Wildman–Crippen MR) is 124 cm³/mol. The molecule has 0 radical (unpaired) electrons. The monoisotopic (exact) mass is 429 g/mol. The number of carboxylic acid groups (broad SMARTS) is 1. The number of ether oxygens (including phenoxy) is 1. The van der Waals surface area contributed by atoms with Gasteiger partial charge in [0.05, 0.1) is 0 Å². The average molecular weight is 430 g/mol. The second-order valence-electron chi connectivity index (χ2n) is 7.66. The SMILES string of the molecule is C=CC(Cc1ccccc1)C(Cc1ccccc1)(NC(=O)OCc1ccccc1)C(=O)O. The smallest absolute Gasteiger partial charge is 0.408 e. The second-order valence-corrected chi connectivity index (χ2v) is 7.66. The van der Waals surface area contributed by atoms with Crippen LogP contribution in [0.5, 0.6) is 0 Å². The average Bonchev–Trinajstić information content (AvgIpc) is 2.82. The molecule has 5 nitrogen and oxygen atoms in total. The molecular formula is C27H27NO4. The lowest BCUT2D eigenvalue weighted by molar-refractivity contribution is -0.146. The number of hydrogen-bond donors (Lipinski definition) is 2. The number of nitrogens with one attached hydrogen (secondary N) is 1. The first-order chi connectivity index (χ1) is 15.5. The van der Waals surface area contributed by atoms with E-state index in [2.05, 4.69) is 11.9 Å². The van der Waals surface area contributed by atoms with E-state index in [4.69, 9.17) is 4.74 Å². The van der Waals surface area contributed by atoms with E-state index in [0.717, 1.165) is 16.7 Å². The van der Waals surface area contributed by atoms with Gasteiger partial charge in [0.2, 0.25) is 0 Å². The van der Waals surface area contributed by atoms with Gasteiger partial charge in [-0.15, -0.1) is 6.58 Å². The molecule has 164 valence electrons. The summed E-state index contributed by atoms with van der Waals surface area (Å²) in [5.41, 5.74) is 0.928. The molecule has 32 heavy (non-hydrogen) atoms. The molecule has 2 unspecified atom stereocenters. The van der Waals surface area contributed by atoms with E-state index in [0.29, 0.717) is 6.42 Å². The Morgan fingerprint density at radius 1 is 0.875 bits per heavy atom. The maximum Gasteiger partial charge on any atom is 0.408 e. The van der Waals surface area contributed by atoms with Gasteiger partial charge in [0.1, 0.15) is 6.61 Å². The number of rotatable bonds is 10. The van der Waals surface area contributed by atoms with Crippen molar-refractivity contribution in [2.75, 3.05) is 0 Å². The van der Waals surface area contributed by atoms with E-state index in [1.54, 1.807) is 6.08 Å². The standard InChI is InChI=1S/C27H27NO4/c1-2-24(18-21-12-6-3-7-13-21)27(25(29)30,19-22-14-8-4-9-15-22)28-26(31)32-20-23-16-10-5-11-17-23/h2-17,24H,1,18-20H2,(H,28,31)(H,29,30). The van der Waals surface area contributed by atoms with Crippen molar-refractivity contribution in [3.8, 4) is 0 Å². The quantitative estimate of drug-likeness (QED) is 0.444. The van der Waals surface area contributed by atoms with Gasteiger partial charge in [0.15, 0.2) is 5.54 Å². The van der Waals surface area contributed by atoms with Crippen LogP contribution in [0.4, 0.5) is 4.79 Å². The van der Waals surface area contributed by atoms with Crippen LogP contribution in [0.15, 0.2) is 104 Å². The van der Waals surface area contributed by atoms with E-state index in [-0.39, 0.29) is 13.0 Å². The highest BCUT2D eigenvalue weighted by molar-refractivity contribution is 5.85. The molecule has 3 rings (SSSR count). The molecule has 1 amide bonds. The fraction of sp³-hybridized carbons (Fsp3) is 0.185. The molecule has 2 atom stereocenters. The second kappa shape index (κ2) is 11.0. The molecule has 3 aromatic carbocycles. The summed E-state index contributed by atoms with van der Waals surface area (Å²) in [6.45, 7) is 3.94. The minimum atomic E-state index is -1.63. The van der Waals surface area contributed by atoms with E-state index in [1.165, 1.54) is 0 Å². The summed E-state index contributed by atoms with van der Waals surface area (Å²) in [5.74, 6) is -1.72. The van der Waals surface area contributed by atoms with Gasteiger partial charge in [-0.3, -0.25) is 0 Å². The number of carbonyl (C=O) groups is 2. The maximum absolute atomic E-state index is 12.8. The van der Waals surface area contributed by atoms with Crippen molar-refractivity contribution < 1.29 is 19.4 Å². The maximum atomic E-state index is 12.8. The Balaban J connectivity index is 1.89. The molecule has 2 N–H and O–H groups in total. The molecule has 0 spiro atoms. The summed E-state index contributed by atoms with van der Waals surface area (Å²) < 4.78 is 5.37. The van der Waals surface area contributed by atoms with Gasteiger partial charge in [-0.1, -0.05) is 97.1 Å². The summed E-state index contributed by atoms with van der Waals surface area (Å²) in [7, 11) is 0.